The Balaban J connectivity index is 0.850. The molecule has 0 radical (unpaired) electrons. The first-order chi connectivity index (χ1) is 16.6. The highest BCUT2D eigenvalue weighted by molar-refractivity contribution is 7.11. The van der Waals surface area contributed by atoms with Crippen molar-refractivity contribution in [3.8, 4) is 0 Å². The number of urea groups is 1. The summed E-state index contributed by atoms with van der Waals surface area (Å²) in [5.74, 6) is 2.99. The summed E-state index contributed by atoms with van der Waals surface area (Å²) in [5, 5.41) is 8.03. The number of nitrogens with one attached hydrogen (secondary N) is 1. The number of carbonyl (C=O) groups excluding carboxylic acids is 1. The Morgan fingerprint density at radius 1 is 1.03 bits per heavy atom. The molecule has 3 saturated heterocycles. The minimum Gasteiger partial charge on any atom is -0.323 e. The van der Waals surface area contributed by atoms with Gasteiger partial charge < -0.3 is 9.80 Å². The van der Waals surface area contributed by atoms with Gasteiger partial charge in [0.2, 0.25) is 0 Å². The van der Waals surface area contributed by atoms with E-state index in [4.69, 9.17) is 4.98 Å². The molecule has 2 aromatic heterocycles. The fourth-order valence-corrected chi connectivity index (χ4v) is 7.62. The second-order valence-corrected chi connectivity index (χ2v) is 12.9. The average molecular weight is 508 g/mol. The van der Waals surface area contributed by atoms with Crippen molar-refractivity contribution in [1.82, 2.24) is 34.9 Å². The first-order valence-electron chi connectivity index (χ1n) is 12.3. The van der Waals surface area contributed by atoms with Gasteiger partial charge in [-0.1, -0.05) is 0 Å². The third-order valence-corrected chi connectivity index (χ3v) is 9.40. The predicted molar refractivity (Wildman–Crippen MR) is 121 cm³/mol. The van der Waals surface area contributed by atoms with Crippen LogP contribution in [0.1, 0.15) is 64.7 Å². The van der Waals surface area contributed by atoms with E-state index in [-0.39, 0.29) is 21.7 Å². The molecule has 5 heterocycles. The topological polar surface area (TPSA) is 81.2 Å². The third-order valence-electron chi connectivity index (χ3n) is 8.44. The summed E-state index contributed by atoms with van der Waals surface area (Å²) >= 11 is 1.12. The number of carbonyl (C=O) groups is 1. The number of hydrogen-bond acceptors (Lipinski definition) is 6. The smallest absolute Gasteiger partial charge is 0.323 e. The molecule has 7 rings (SSSR count). The molecule has 2 aromatic rings. The van der Waals surface area contributed by atoms with Crippen molar-refractivity contribution in [1.29, 1.82) is 0 Å². The molecule has 0 bridgehead atoms. The highest BCUT2D eigenvalue weighted by Gasteiger charge is 2.58. The van der Waals surface area contributed by atoms with Crippen molar-refractivity contribution in [2.45, 2.75) is 57.2 Å². The zero-order chi connectivity index (χ0) is 24.2. The van der Waals surface area contributed by atoms with E-state index in [0.29, 0.717) is 23.4 Å². The number of H-pyrrole nitrogens is 1. The Kier molecular flexibility index (Phi) is 4.52. The van der Waals surface area contributed by atoms with Crippen molar-refractivity contribution >= 4 is 17.4 Å². The largest absolute Gasteiger partial charge is 0.434 e. The average Bonchev–Trinajstić information content (AvgIpc) is 3.28. The van der Waals surface area contributed by atoms with Crippen molar-refractivity contribution in [3.05, 3.63) is 27.2 Å². The summed E-state index contributed by atoms with van der Waals surface area (Å²) in [4.78, 5) is 27.6. The number of aromatic nitrogens is 4. The Hall–Kier alpha value is -2.21. The Morgan fingerprint density at radius 3 is 2.29 bits per heavy atom. The number of rotatable bonds is 4. The molecule has 1 N–H and O–H groups in total. The van der Waals surface area contributed by atoms with Gasteiger partial charge in [0.1, 0.15) is 10.8 Å². The van der Waals surface area contributed by atoms with Crippen LogP contribution in [0.3, 0.4) is 0 Å². The number of nitrogens with zero attached hydrogens (tertiary/aromatic N) is 6. The van der Waals surface area contributed by atoms with Gasteiger partial charge >= 0.3 is 12.2 Å². The summed E-state index contributed by atoms with van der Waals surface area (Å²) in [6, 6.07) is 0.127. The summed E-state index contributed by atoms with van der Waals surface area (Å²) in [6.07, 6.45) is 0.151. The normalized spacial score (nSPS) is 25.4. The first-order valence-corrected chi connectivity index (χ1v) is 13.1. The Labute approximate surface area is 204 Å². The van der Waals surface area contributed by atoms with Gasteiger partial charge in [0.25, 0.3) is 0 Å². The molecule has 8 nitrogen and oxygen atoms in total. The number of aryl methyl sites for hydroxylation is 1. The van der Waals surface area contributed by atoms with Crippen LogP contribution in [0.25, 0.3) is 0 Å². The lowest BCUT2D eigenvalue weighted by atomic mass is 9.57. The SMILES string of the molecule is Cc1sc(CN2CC3(C2)CN(C(=O)N2CC4(CC(c5n[nH]c(C6CC6)n5)C4)C2)C3)nc1C(F)(F)F. The number of likely N-dealkylation sites (tertiary alicyclic amines) is 3. The Morgan fingerprint density at radius 2 is 1.69 bits per heavy atom. The van der Waals surface area contributed by atoms with Crippen LogP contribution in [0.2, 0.25) is 0 Å². The number of aromatic amines is 1. The van der Waals surface area contributed by atoms with Gasteiger partial charge in [0.15, 0.2) is 11.5 Å². The van der Waals surface area contributed by atoms with Gasteiger partial charge in [-0.15, -0.1) is 11.3 Å². The maximum atomic E-state index is 13.0. The number of thiazole rings is 1. The molecule has 0 unspecified atom stereocenters. The molecule has 2 spiro atoms. The molecule has 2 saturated carbocycles. The minimum atomic E-state index is -4.39. The lowest BCUT2D eigenvalue weighted by molar-refractivity contribution is -0.141. The maximum Gasteiger partial charge on any atom is 0.434 e. The predicted octanol–water partition coefficient (Wildman–Crippen LogP) is 3.58. The van der Waals surface area contributed by atoms with Crippen LogP contribution in [-0.2, 0) is 12.7 Å². The van der Waals surface area contributed by atoms with Gasteiger partial charge in [0.05, 0.1) is 6.54 Å². The van der Waals surface area contributed by atoms with E-state index in [1.807, 2.05) is 9.80 Å². The molecule has 0 atom stereocenters. The summed E-state index contributed by atoms with van der Waals surface area (Å²) in [6.45, 7) is 6.65. The van der Waals surface area contributed by atoms with Crippen molar-refractivity contribution in [3.63, 3.8) is 0 Å². The van der Waals surface area contributed by atoms with Crippen molar-refractivity contribution in [2.24, 2.45) is 10.8 Å². The van der Waals surface area contributed by atoms with Gasteiger partial charge in [-0.3, -0.25) is 10.00 Å². The van der Waals surface area contributed by atoms with E-state index < -0.39 is 11.9 Å². The van der Waals surface area contributed by atoms with Crippen LogP contribution in [0.5, 0.6) is 0 Å². The van der Waals surface area contributed by atoms with Crippen LogP contribution < -0.4 is 0 Å². The summed E-state index contributed by atoms with van der Waals surface area (Å²) < 4.78 is 38.9. The standard InChI is InChI=1S/C23H28F3N7OS/c1-13-17(23(24,25)26)27-16(35-13)6-31-7-22(8-31)11-33(12-22)20(34)32-9-21(10-32)4-15(5-21)19-28-18(29-30-19)14-2-3-14/h14-15H,2-12H2,1H3,(H,28,29,30). The first kappa shape index (κ1) is 22.0. The van der Waals surface area contributed by atoms with E-state index in [1.54, 1.807) is 0 Å². The number of halogens is 3. The quantitative estimate of drug-likeness (QED) is 0.684. The van der Waals surface area contributed by atoms with Crippen LogP contribution in [-0.4, -0.2) is 80.2 Å². The van der Waals surface area contributed by atoms with Crippen LogP contribution in [0, 0.1) is 17.8 Å². The molecule has 2 amide bonds. The van der Waals surface area contributed by atoms with Crippen LogP contribution in [0.15, 0.2) is 0 Å². The highest BCUT2D eigenvalue weighted by Crippen LogP contribution is 2.56. The van der Waals surface area contributed by atoms with E-state index >= 15 is 0 Å². The molecule has 12 heteroatoms. The maximum absolute atomic E-state index is 13.0. The van der Waals surface area contributed by atoms with E-state index in [1.165, 1.54) is 19.8 Å². The zero-order valence-electron chi connectivity index (χ0n) is 19.6. The van der Waals surface area contributed by atoms with E-state index in [0.717, 1.165) is 75.1 Å². The lowest BCUT2D eigenvalue weighted by Crippen LogP contribution is -2.75. The zero-order valence-corrected chi connectivity index (χ0v) is 20.4. The summed E-state index contributed by atoms with van der Waals surface area (Å²) in [7, 11) is 0. The van der Waals surface area contributed by atoms with Gasteiger partial charge in [-0.2, -0.15) is 18.3 Å². The van der Waals surface area contributed by atoms with E-state index in [9.17, 15) is 18.0 Å². The highest BCUT2D eigenvalue weighted by atomic mass is 32.1. The fourth-order valence-electron chi connectivity index (χ4n) is 6.62. The van der Waals surface area contributed by atoms with E-state index in [2.05, 4.69) is 20.1 Å². The molecule has 5 fully saturated rings. The fraction of sp³-hybridized carbons (Fsp3) is 0.739. The molecule has 3 aliphatic heterocycles. The molecular weight excluding hydrogens is 479 g/mol. The van der Waals surface area contributed by atoms with Crippen LogP contribution >= 0.6 is 11.3 Å². The molecule has 188 valence electrons. The van der Waals surface area contributed by atoms with Crippen molar-refractivity contribution < 1.29 is 18.0 Å². The van der Waals surface area contributed by atoms with Gasteiger partial charge in [-0.25, -0.2) is 14.8 Å². The second kappa shape index (κ2) is 7.18. The second-order valence-electron chi connectivity index (χ2n) is 11.6. The Bertz CT molecular complexity index is 1160. The van der Waals surface area contributed by atoms with Crippen molar-refractivity contribution in [2.75, 3.05) is 39.3 Å². The lowest BCUT2D eigenvalue weighted by Gasteiger charge is -2.63. The molecular formula is C23H28F3N7OS. The monoisotopic (exact) mass is 507 g/mol. The molecule has 0 aromatic carbocycles. The summed E-state index contributed by atoms with van der Waals surface area (Å²) in [5.41, 5.74) is -0.413. The molecule has 5 aliphatic rings. The van der Waals surface area contributed by atoms with Gasteiger partial charge in [-0.05, 0) is 32.6 Å². The van der Waals surface area contributed by atoms with Gasteiger partial charge in [0, 0.05) is 66.8 Å². The minimum absolute atomic E-state index is 0.101. The molecule has 2 aliphatic carbocycles. The van der Waals surface area contributed by atoms with Crippen LogP contribution in [0.4, 0.5) is 18.0 Å². The number of alkyl halides is 3. The number of amides is 2. The number of hydrogen-bond donors (Lipinski definition) is 1. The third kappa shape index (κ3) is 3.66. The molecule has 35 heavy (non-hydrogen) atoms.